The summed E-state index contributed by atoms with van der Waals surface area (Å²) in [6.45, 7) is 5.22. The van der Waals surface area contributed by atoms with Crippen molar-refractivity contribution in [3.8, 4) is 5.75 Å². The smallest absolute Gasteiger partial charge is 0.132 e. The van der Waals surface area contributed by atoms with E-state index in [2.05, 4.69) is 11.8 Å². The molecule has 4 heteroatoms. The summed E-state index contributed by atoms with van der Waals surface area (Å²) in [5.74, 6) is 0.815. The molecule has 0 amide bonds. The Balaban J connectivity index is 1.89. The van der Waals surface area contributed by atoms with Crippen LogP contribution >= 0.6 is 0 Å². The van der Waals surface area contributed by atoms with E-state index < -0.39 is 11.9 Å². The summed E-state index contributed by atoms with van der Waals surface area (Å²) < 4.78 is 19.1. The number of halogens is 1. The zero-order valence-corrected chi connectivity index (χ0v) is 13.0. The topological polar surface area (TPSA) is 32.7 Å². The second-order valence-electron chi connectivity index (χ2n) is 5.90. The molecule has 1 heterocycles. The highest BCUT2D eigenvalue weighted by Crippen LogP contribution is 2.30. The Labute approximate surface area is 126 Å². The van der Waals surface area contributed by atoms with E-state index >= 15 is 0 Å². The van der Waals surface area contributed by atoms with Crippen LogP contribution in [0.25, 0.3) is 0 Å². The molecule has 21 heavy (non-hydrogen) atoms. The Morgan fingerprint density at radius 3 is 3.00 bits per heavy atom. The molecule has 118 valence electrons. The molecule has 0 aliphatic carbocycles. The maximum atomic E-state index is 13.9. The highest BCUT2D eigenvalue weighted by Gasteiger charge is 2.24. The van der Waals surface area contributed by atoms with Gasteiger partial charge in [-0.15, -0.1) is 0 Å². The molecule has 0 aromatic heterocycles. The van der Waals surface area contributed by atoms with E-state index in [1.807, 2.05) is 0 Å². The van der Waals surface area contributed by atoms with Crippen molar-refractivity contribution in [2.75, 3.05) is 26.7 Å². The molecule has 1 fully saturated rings. The first-order chi connectivity index (χ1) is 10.2. The van der Waals surface area contributed by atoms with Crippen LogP contribution in [0.5, 0.6) is 5.75 Å². The fourth-order valence-corrected chi connectivity index (χ4v) is 3.23. The van der Waals surface area contributed by atoms with E-state index in [1.165, 1.54) is 32.4 Å². The van der Waals surface area contributed by atoms with E-state index in [-0.39, 0.29) is 5.56 Å². The number of methoxy groups -OCH3 is 1. The third-order valence-electron chi connectivity index (χ3n) is 4.35. The molecule has 0 radical (unpaired) electrons. The van der Waals surface area contributed by atoms with Crippen LogP contribution in [0.2, 0.25) is 0 Å². The number of hydrogen-bond donors (Lipinski definition) is 1. The van der Waals surface area contributed by atoms with Crippen molar-refractivity contribution in [2.45, 2.75) is 38.7 Å². The Bertz CT molecular complexity index is 452. The zero-order chi connectivity index (χ0) is 15.2. The van der Waals surface area contributed by atoms with E-state index in [9.17, 15) is 9.50 Å². The summed E-state index contributed by atoms with van der Waals surface area (Å²) >= 11 is 0. The Kier molecular flexibility index (Phi) is 6.00. The monoisotopic (exact) mass is 295 g/mol. The van der Waals surface area contributed by atoms with E-state index in [4.69, 9.17) is 4.74 Å². The first-order valence-electron chi connectivity index (χ1n) is 7.88. The van der Waals surface area contributed by atoms with Crippen molar-refractivity contribution in [3.63, 3.8) is 0 Å². The molecule has 1 aliphatic heterocycles. The lowest BCUT2D eigenvalue weighted by Crippen LogP contribution is -2.23. The van der Waals surface area contributed by atoms with Gasteiger partial charge in [0.15, 0.2) is 0 Å². The summed E-state index contributed by atoms with van der Waals surface area (Å²) in [5.41, 5.74) is 0.282. The van der Waals surface area contributed by atoms with Gasteiger partial charge in [-0.1, -0.05) is 19.4 Å². The number of nitrogens with zero attached hydrogens (tertiary/aromatic N) is 1. The number of aliphatic hydroxyl groups is 1. The lowest BCUT2D eigenvalue weighted by Gasteiger charge is -2.20. The second-order valence-corrected chi connectivity index (χ2v) is 5.90. The number of likely N-dealkylation sites (tertiary alicyclic amines) is 1. The normalized spacial score (nSPS) is 20.7. The fraction of sp³-hybridized carbons (Fsp3) is 0.647. The van der Waals surface area contributed by atoms with Gasteiger partial charge in [0.05, 0.1) is 18.8 Å². The Hall–Kier alpha value is -1.13. The van der Waals surface area contributed by atoms with Crippen LogP contribution in [0.4, 0.5) is 4.39 Å². The van der Waals surface area contributed by atoms with Gasteiger partial charge in [-0.05, 0) is 43.9 Å². The van der Waals surface area contributed by atoms with Gasteiger partial charge in [0.1, 0.15) is 11.6 Å². The van der Waals surface area contributed by atoms with Gasteiger partial charge in [0.25, 0.3) is 0 Å². The van der Waals surface area contributed by atoms with Crippen LogP contribution in [-0.2, 0) is 0 Å². The summed E-state index contributed by atoms with van der Waals surface area (Å²) in [7, 11) is 1.50. The van der Waals surface area contributed by atoms with Crippen LogP contribution in [-0.4, -0.2) is 36.8 Å². The van der Waals surface area contributed by atoms with Crippen molar-refractivity contribution in [2.24, 2.45) is 5.92 Å². The predicted molar refractivity (Wildman–Crippen MR) is 82.0 cm³/mol. The first-order valence-corrected chi connectivity index (χ1v) is 7.88. The van der Waals surface area contributed by atoms with Crippen molar-refractivity contribution >= 4 is 0 Å². The number of hydrogen-bond acceptors (Lipinski definition) is 3. The van der Waals surface area contributed by atoms with Gasteiger partial charge in [-0.2, -0.15) is 0 Å². The number of rotatable bonds is 7. The number of aliphatic hydroxyl groups excluding tert-OH is 1. The second kappa shape index (κ2) is 7.76. The molecular formula is C17H26FNO2. The van der Waals surface area contributed by atoms with Crippen LogP contribution < -0.4 is 4.74 Å². The molecule has 1 N–H and O–H groups in total. The molecule has 2 rings (SSSR count). The number of benzene rings is 1. The Morgan fingerprint density at radius 2 is 2.29 bits per heavy atom. The molecule has 3 nitrogen and oxygen atoms in total. The average molecular weight is 295 g/mol. The van der Waals surface area contributed by atoms with Crippen molar-refractivity contribution < 1.29 is 14.2 Å². The van der Waals surface area contributed by atoms with Crippen molar-refractivity contribution in [3.05, 3.63) is 29.6 Å². The third-order valence-corrected chi connectivity index (χ3v) is 4.35. The minimum atomic E-state index is -0.814. The summed E-state index contributed by atoms with van der Waals surface area (Å²) in [6, 6.07) is 4.66. The highest BCUT2D eigenvalue weighted by atomic mass is 19.1. The lowest BCUT2D eigenvalue weighted by atomic mass is 10.0. The molecule has 0 spiro atoms. The minimum absolute atomic E-state index is 0.282. The maximum Gasteiger partial charge on any atom is 0.132 e. The molecule has 0 bridgehead atoms. The molecular weight excluding hydrogens is 269 g/mol. The third kappa shape index (κ3) is 4.17. The van der Waals surface area contributed by atoms with Crippen LogP contribution in [0.15, 0.2) is 18.2 Å². The molecule has 1 aromatic carbocycles. The van der Waals surface area contributed by atoms with Crippen molar-refractivity contribution in [1.29, 1.82) is 0 Å². The largest absolute Gasteiger partial charge is 0.496 e. The van der Waals surface area contributed by atoms with Crippen LogP contribution in [0.3, 0.4) is 0 Å². The van der Waals surface area contributed by atoms with Gasteiger partial charge in [0, 0.05) is 13.1 Å². The van der Waals surface area contributed by atoms with Crippen LogP contribution in [0, 0.1) is 11.7 Å². The summed E-state index contributed by atoms with van der Waals surface area (Å²) in [5, 5.41) is 10.3. The molecule has 1 aromatic rings. The summed E-state index contributed by atoms with van der Waals surface area (Å²) in [6.07, 6.45) is 3.47. The molecule has 0 saturated carbocycles. The van der Waals surface area contributed by atoms with Gasteiger partial charge in [0.2, 0.25) is 0 Å². The van der Waals surface area contributed by atoms with Crippen molar-refractivity contribution in [1.82, 2.24) is 4.90 Å². The lowest BCUT2D eigenvalue weighted by molar-refractivity contribution is 0.140. The van der Waals surface area contributed by atoms with Gasteiger partial charge in [-0.25, -0.2) is 4.39 Å². The summed E-state index contributed by atoms with van der Waals surface area (Å²) in [4.78, 5) is 2.37. The van der Waals surface area contributed by atoms with Gasteiger partial charge < -0.3 is 14.7 Å². The number of ether oxygens (including phenoxy) is 1. The predicted octanol–water partition coefficient (Wildman–Crippen LogP) is 3.38. The quantitative estimate of drug-likeness (QED) is 0.837. The highest BCUT2D eigenvalue weighted by molar-refractivity contribution is 5.36. The van der Waals surface area contributed by atoms with Crippen LogP contribution in [0.1, 0.15) is 44.3 Å². The zero-order valence-electron chi connectivity index (χ0n) is 13.0. The van der Waals surface area contributed by atoms with E-state index in [1.54, 1.807) is 12.1 Å². The average Bonchev–Trinajstić information content (AvgIpc) is 2.92. The molecule has 2 unspecified atom stereocenters. The molecule has 1 saturated heterocycles. The standard InChI is InChI=1S/C17H26FNO2/c1-3-5-13-8-10-19(12-13)11-9-15(20)17-14(18)6-4-7-16(17)21-2/h4,6-7,13,15,20H,3,5,8-12H2,1-2H3. The fourth-order valence-electron chi connectivity index (χ4n) is 3.23. The maximum absolute atomic E-state index is 13.9. The minimum Gasteiger partial charge on any atom is -0.496 e. The first kappa shape index (κ1) is 16.2. The van der Waals surface area contributed by atoms with Gasteiger partial charge in [-0.3, -0.25) is 0 Å². The van der Waals surface area contributed by atoms with E-state index in [0.29, 0.717) is 12.2 Å². The Morgan fingerprint density at radius 1 is 1.48 bits per heavy atom. The SMILES string of the molecule is CCCC1CCN(CCC(O)c2c(F)cccc2OC)C1. The molecule has 1 aliphatic rings. The van der Waals surface area contributed by atoms with E-state index in [0.717, 1.165) is 25.6 Å². The van der Waals surface area contributed by atoms with Gasteiger partial charge >= 0.3 is 0 Å². The molecule has 2 atom stereocenters.